The van der Waals surface area contributed by atoms with E-state index in [1.54, 1.807) is 0 Å². The summed E-state index contributed by atoms with van der Waals surface area (Å²) in [6.45, 7) is 0. The van der Waals surface area contributed by atoms with Crippen LogP contribution in [0, 0.1) is 0 Å². The molecule has 0 heterocycles. The fourth-order valence-electron chi connectivity index (χ4n) is 1.89. The van der Waals surface area contributed by atoms with Gasteiger partial charge >= 0.3 is 0 Å². The van der Waals surface area contributed by atoms with Gasteiger partial charge in [-0.2, -0.15) is 0 Å². The van der Waals surface area contributed by atoms with Crippen LogP contribution in [0.2, 0.25) is 5.02 Å². The van der Waals surface area contributed by atoms with E-state index in [1.165, 1.54) is 0 Å². The molecular weight excluding hydrogens is 184 g/mol. The number of hydrogen-bond donors (Lipinski definition) is 0. The van der Waals surface area contributed by atoms with Crippen LogP contribution in [0.25, 0.3) is 0 Å². The van der Waals surface area contributed by atoms with Crippen LogP contribution in [0.4, 0.5) is 0 Å². The fraction of sp³-hybridized carbons (Fsp3) is 0.364. The van der Waals surface area contributed by atoms with E-state index in [-0.39, 0.29) is 0 Å². The van der Waals surface area contributed by atoms with Gasteiger partial charge in [0.1, 0.15) is 5.78 Å². The highest BCUT2D eigenvalue weighted by Crippen LogP contribution is 2.35. The maximum absolute atomic E-state index is 11.1. The van der Waals surface area contributed by atoms with Crippen LogP contribution in [0.1, 0.15) is 30.7 Å². The van der Waals surface area contributed by atoms with Gasteiger partial charge in [-0.15, -0.1) is 0 Å². The molecule has 0 amide bonds. The molecule has 1 aromatic carbocycles. The number of hydrogen-bond acceptors (Lipinski definition) is 1. The first kappa shape index (κ1) is 8.76. The Hall–Kier alpha value is -0.820. The Balaban J connectivity index is 2.26. The first-order valence-electron chi connectivity index (χ1n) is 4.53. The molecule has 0 bridgehead atoms. The summed E-state index contributed by atoms with van der Waals surface area (Å²) in [7, 11) is 0. The summed E-state index contributed by atoms with van der Waals surface area (Å²) < 4.78 is 0. The zero-order chi connectivity index (χ0) is 9.26. The van der Waals surface area contributed by atoms with Crippen LogP contribution in [-0.2, 0) is 4.79 Å². The zero-order valence-electron chi connectivity index (χ0n) is 7.29. The second-order valence-electron chi connectivity index (χ2n) is 3.50. The van der Waals surface area contributed by atoms with Gasteiger partial charge in [-0.05, 0) is 24.0 Å². The van der Waals surface area contributed by atoms with Crippen molar-refractivity contribution in [2.24, 2.45) is 0 Å². The Morgan fingerprint density at radius 3 is 2.69 bits per heavy atom. The van der Waals surface area contributed by atoms with Crippen LogP contribution in [-0.4, -0.2) is 5.78 Å². The van der Waals surface area contributed by atoms with E-state index in [1.807, 2.05) is 24.3 Å². The number of ketones is 1. The Morgan fingerprint density at radius 1 is 1.31 bits per heavy atom. The second kappa shape index (κ2) is 3.51. The molecule has 1 aliphatic carbocycles. The minimum atomic E-state index is 0.362. The number of carbonyl (C=O) groups excluding carboxylic acids is 1. The lowest BCUT2D eigenvalue weighted by Gasteiger charge is -2.09. The number of carbonyl (C=O) groups is 1. The van der Waals surface area contributed by atoms with E-state index in [0.717, 1.165) is 23.4 Å². The van der Waals surface area contributed by atoms with Crippen LogP contribution in [0.15, 0.2) is 24.3 Å². The van der Waals surface area contributed by atoms with Crippen LogP contribution >= 0.6 is 11.6 Å². The Bertz CT molecular complexity index is 333. The molecule has 1 atom stereocenters. The van der Waals surface area contributed by atoms with Gasteiger partial charge in [-0.3, -0.25) is 4.79 Å². The molecule has 0 N–H and O–H groups in total. The predicted molar refractivity (Wildman–Crippen MR) is 53.1 cm³/mol. The van der Waals surface area contributed by atoms with Gasteiger partial charge in [0.2, 0.25) is 0 Å². The van der Waals surface area contributed by atoms with E-state index >= 15 is 0 Å². The highest BCUT2D eigenvalue weighted by molar-refractivity contribution is 6.31. The van der Waals surface area contributed by atoms with Crippen molar-refractivity contribution in [3.05, 3.63) is 34.9 Å². The quantitative estimate of drug-likeness (QED) is 0.671. The molecule has 13 heavy (non-hydrogen) atoms. The third-order valence-electron chi connectivity index (χ3n) is 2.59. The molecule has 0 aliphatic heterocycles. The van der Waals surface area contributed by atoms with Crippen molar-refractivity contribution in [1.29, 1.82) is 0 Å². The molecule has 0 aromatic heterocycles. The van der Waals surface area contributed by atoms with Gasteiger partial charge < -0.3 is 0 Å². The first-order chi connectivity index (χ1) is 6.27. The summed E-state index contributed by atoms with van der Waals surface area (Å²) in [4.78, 5) is 11.1. The maximum atomic E-state index is 11.1. The molecule has 0 unspecified atom stereocenters. The SMILES string of the molecule is O=C1CC[C@@H](c2ccccc2Cl)C1. The van der Waals surface area contributed by atoms with Gasteiger partial charge in [-0.25, -0.2) is 0 Å². The zero-order valence-corrected chi connectivity index (χ0v) is 8.05. The van der Waals surface area contributed by atoms with Crippen molar-refractivity contribution in [2.75, 3.05) is 0 Å². The number of halogens is 1. The Kier molecular flexibility index (Phi) is 2.36. The topological polar surface area (TPSA) is 17.1 Å². The smallest absolute Gasteiger partial charge is 0.133 e. The van der Waals surface area contributed by atoms with Crippen molar-refractivity contribution < 1.29 is 4.79 Å². The number of Topliss-reactive ketones (excluding diaryl/α,β-unsaturated/α-hetero) is 1. The minimum Gasteiger partial charge on any atom is -0.300 e. The lowest BCUT2D eigenvalue weighted by atomic mass is 9.98. The molecule has 0 saturated heterocycles. The largest absolute Gasteiger partial charge is 0.300 e. The molecular formula is C11H11ClO. The molecule has 0 radical (unpaired) electrons. The Labute approximate surface area is 82.7 Å². The van der Waals surface area contributed by atoms with Gasteiger partial charge in [-0.1, -0.05) is 29.8 Å². The molecule has 2 rings (SSSR count). The Morgan fingerprint density at radius 2 is 2.08 bits per heavy atom. The van der Waals surface area contributed by atoms with Gasteiger partial charge in [0.25, 0.3) is 0 Å². The minimum absolute atomic E-state index is 0.362. The van der Waals surface area contributed by atoms with E-state index in [9.17, 15) is 4.79 Å². The first-order valence-corrected chi connectivity index (χ1v) is 4.91. The van der Waals surface area contributed by atoms with E-state index in [0.29, 0.717) is 18.1 Å². The molecule has 68 valence electrons. The molecule has 1 saturated carbocycles. The summed E-state index contributed by atoms with van der Waals surface area (Å²) in [6, 6.07) is 7.80. The van der Waals surface area contributed by atoms with E-state index < -0.39 is 0 Å². The lowest BCUT2D eigenvalue weighted by Crippen LogP contribution is -1.94. The third kappa shape index (κ3) is 1.75. The van der Waals surface area contributed by atoms with Gasteiger partial charge in [0.15, 0.2) is 0 Å². The normalized spacial score (nSPS) is 22.2. The summed E-state index contributed by atoms with van der Waals surface area (Å²) in [5, 5.41) is 0.794. The average Bonchev–Trinajstić information content (AvgIpc) is 2.53. The summed E-state index contributed by atoms with van der Waals surface area (Å²) in [6.07, 6.45) is 2.35. The molecule has 0 spiro atoms. The van der Waals surface area contributed by atoms with Crippen molar-refractivity contribution in [1.82, 2.24) is 0 Å². The van der Waals surface area contributed by atoms with Gasteiger partial charge in [0, 0.05) is 17.9 Å². The standard InChI is InChI=1S/C11H11ClO/c12-11-4-2-1-3-10(11)8-5-6-9(13)7-8/h1-4,8H,5-7H2/t8-/m1/s1. The lowest BCUT2D eigenvalue weighted by molar-refractivity contribution is -0.117. The highest BCUT2D eigenvalue weighted by atomic mass is 35.5. The molecule has 1 fully saturated rings. The molecule has 1 aliphatic rings. The molecule has 1 aromatic rings. The predicted octanol–water partition coefficient (Wildman–Crippen LogP) is 3.18. The number of benzene rings is 1. The monoisotopic (exact) mass is 194 g/mol. The van der Waals surface area contributed by atoms with Crippen molar-refractivity contribution in [3.8, 4) is 0 Å². The fourth-order valence-corrected chi connectivity index (χ4v) is 2.18. The summed E-state index contributed by atoms with van der Waals surface area (Å²) in [5.41, 5.74) is 1.13. The highest BCUT2D eigenvalue weighted by Gasteiger charge is 2.24. The van der Waals surface area contributed by atoms with Crippen molar-refractivity contribution in [3.63, 3.8) is 0 Å². The summed E-state index contributed by atoms with van der Waals surface area (Å²) in [5.74, 6) is 0.728. The molecule has 2 heteroatoms. The van der Waals surface area contributed by atoms with E-state index in [4.69, 9.17) is 11.6 Å². The maximum Gasteiger partial charge on any atom is 0.133 e. The number of rotatable bonds is 1. The van der Waals surface area contributed by atoms with E-state index in [2.05, 4.69) is 0 Å². The molecule has 1 nitrogen and oxygen atoms in total. The average molecular weight is 195 g/mol. The van der Waals surface area contributed by atoms with Crippen LogP contribution < -0.4 is 0 Å². The van der Waals surface area contributed by atoms with Crippen molar-refractivity contribution in [2.45, 2.75) is 25.2 Å². The van der Waals surface area contributed by atoms with Gasteiger partial charge in [0.05, 0.1) is 0 Å². The van der Waals surface area contributed by atoms with Crippen molar-refractivity contribution >= 4 is 17.4 Å². The summed E-state index contributed by atoms with van der Waals surface area (Å²) >= 11 is 6.04. The second-order valence-corrected chi connectivity index (χ2v) is 3.91. The van der Waals surface area contributed by atoms with Crippen LogP contribution in [0.3, 0.4) is 0 Å². The third-order valence-corrected chi connectivity index (χ3v) is 2.93. The van der Waals surface area contributed by atoms with Crippen LogP contribution in [0.5, 0.6) is 0 Å².